The Kier molecular flexibility index (Phi) is 5.53. The third-order valence-electron chi connectivity index (χ3n) is 5.43. The van der Waals surface area contributed by atoms with Gasteiger partial charge >= 0.3 is 0 Å². The Morgan fingerprint density at radius 3 is 2.61 bits per heavy atom. The van der Waals surface area contributed by atoms with Crippen molar-refractivity contribution in [2.45, 2.75) is 57.7 Å². The Morgan fingerprint density at radius 2 is 2.00 bits per heavy atom. The van der Waals surface area contributed by atoms with Crippen molar-refractivity contribution in [3.8, 4) is 11.4 Å². The predicted molar refractivity (Wildman–Crippen MR) is 106 cm³/mol. The number of benzene rings is 1. The van der Waals surface area contributed by atoms with Gasteiger partial charge in [-0.2, -0.15) is 4.68 Å². The summed E-state index contributed by atoms with van der Waals surface area (Å²) in [5, 5.41) is 23.2. The fourth-order valence-electron chi connectivity index (χ4n) is 2.53. The first-order chi connectivity index (χ1) is 13.1. The number of ether oxygens (including phenoxy) is 1. The summed E-state index contributed by atoms with van der Waals surface area (Å²) < 4.78 is 13.6. The van der Waals surface area contributed by atoms with Gasteiger partial charge in [0.05, 0.1) is 11.5 Å². The number of hydrogen-bond donors (Lipinski definition) is 0. The summed E-state index contributed by atoms with van der Waals surface area (Å²) in [6, 6.07) is 4.47. The van der Waals surface area contributed by atoms with Crippen molar-refractivity contribution < 1.29 is 14.1 Å². The Hall–Kier alpha value is -2.33. The van der Waals surface area contributed by atoms with E-state index in [0.717, 1.165) is 12.8 Å². The van der Waals surface area contributed by atoms with E-state index in [-0.39, 0.29) is 10.7 Å². The molecule has 0 amide bonds. The lowest BCUT2D eigenvalue weighted by molar-refractivity contribution is -0.384. The fraction of sp³-hybridized carbons (Fsp3) is 0.611. The SMILES string of the molecule is CC(C)(C)[Si](C)(C)OCCOc1ccc([N+](=O)[O-])cc1-n1nnnc1C1CC1. The molecule has 152 valence electrons. The number of nitro groups is 1. The molecular weight excluding hydrogens is 378 g/mol. The molecule has 28 heavy (non-hydrogen) atoms. The van der Waals surface area contributed by atoms with E-state index in [1.54, 1.807) is 10.7 Å². The van der Waals surface area contributed by atoms with Crippen LogP contribution >= 0.6 is 0 Å². The Morgan fingerprint density at radius 1 is 1.29 bits per heavy atom. The summed E-state index contributed by atoms with van der Waals surface area (Å²) in [6.07, 6.45) is 2.04. The third kappa shape index (κ3) is 4.38. The maximum Gasteiger partial charge on any atom is 0.271 e. The molecule has 1 saturated carbocycles. The molecule has 0 N–H and O–H groups in total. The van der Waals surface area contributed by atoms with E-state index in [1.165, 1.54) is 12.1 Å². The lowest BCUT2D eigenvalue weighted by Crippen LogP contribution is -2.41. The van der Waals surface area contributed by atoms with Gasteiger partial charge < -0.3 is 9.16 Å². The highest BCUT2D eigenvalue weighted by Crippen LogP contribution is 2.40. The zero-order valence-corrected chi connectivity index (χ0v) is 18.0. The van der Waals surface area contributed by atoms with Gasteiger partial charge in [0, 0.05) is 18.1 Å². The molecule has 10 heteroatoms. The Bertz CT molecular complexity index is 858. The van der Waals surface area contributed by atoms with Gasteiger partial charge in [-0.3, -0.25) is 10.1 Å². The zero-order chi connectivity index (χ0) is 20.5. The van der Waals surface area contributed by atoms with Gasteiger partial charge in [0.2, 0.25) is 0 Å². The molecule has 9 nitrogen and oxygen atoms in total. The second-order valence-corrected chi connectivity index (χ2v) is 13.4. The highest BCUT2D eigenvalue weighted by atomic mass is 28.4. The van der Waals surface area contributed by atoms with Crippen LogP contribution in [0.5, 0.6) is 5.75 Å². The summed E-state index contributed by atoms with van der Waals surface area (Å²) >= 11 is 0. The number of nitrogens with zero attached hydrogens (tertiary/aromatic N) is 5. The van der Waals surface area contributed by atoms with Crippen molar-refractivity contribution >= 4 is 14.0 Å². The van der Waals surface area contributed by atoms with Crippen LogP contribution in [-0.4, -0.2) is 46.7 Å². The Labute approximate surface area is 165 Å². The van der Waals surface area contributed by atoms with Crippen molar-refractivity contribution in [1.82, 2.24) is 20.2 Å². The first kappa shape index (κ1) is 20.4. The number of tetrazole rings is 1. The number of rotatable bonds is 8. The molecule has 1 aliphatic carbocycles. The van der Waals surface area contributed by atoms with Gasteiger partial charge in [0.25, 0.3) is 5.69 Å². The molecule has 0 spiro atoms. The van der Waals surface area contributed by atoms with Crippen LogP contribution in [-0.2, 0) is 4.43 Å². The number of nitro benzene ring substituents is 1. The van der Waals surface area contributed by atoms with Crippen LogP contribution < -0.4 is 4.74 Å². The van der Waals surface area contributed by atoms with Crippen LogP contribution in [0.15, 0.2) is 18.2 Å². The molecule has 3 rings (SSSR count). The highest BCUT2D eigenvalue weighted by molar-refractivity contribution is 6.74. The lowest BCUT2D eigenvalue weighted by atomic mass is 10.2. The largest absolute Gasteiger partial charge is 0.489 e. The number of hydrogen-bond acceptors (Lipinski definition) is 7. The van der Waals surface area contributed by atoms with E-state index in [2.05, 4.69) is 49.4 Å². The molecule has 0 bridgehead atoms. The topological polar surface area (TPSA) is 105 Å². The summed E-state index contributed by atoms with van der Waals surface area (Å²) in [5.41, 5.74) is 0.450. The predicted octanol–water partition coefficient (Wildman–Crippen LogP) is 3.85. The quantitative estimate of drug-likeness (QED) is 0.284. The minimum absolute atomic E-state index is 0.0304. The maximum absolute atomic E-state index is 11.2. The third-order valence-corrected chi connectivity index (χ3v) is 9.97. The summed E-state index contributed by atoms with van der Waals surface area (Å²) in [5.74, 6) is 1.51. The molecule has 0 unspecified atom stereocenters. The van der Waals surface area contributed by atoms with E-state index in [0.29, 0.717) is 36.4 Å². The van der Waals surface area contributed by atoms with E-state index < -0.39 is 13.2 Å². The molecule has 1 aromatic carbocycles. The van der Waals surface area contributed by atoms with Gasteiger partial charge in [-0.1, -0.05) is 20.8 Å². The molecular formula is C18H27N5O4Si. The number of aromatic nitrogens is 4. The number of non-ortho nitro benzene ring substituents is 1. The normalized spacial score (nSPS) is 14.9. The van der Waals surface area contributed by atoms with Crippen molar-refractivity contribution in [3.63, 3.8) is 0 Å². The summed E-state index contributed by atoms with van der Waals surface area (Å²) in [6.45, 7) is 11.7. The van der Waals surface area contributed by atoms with Crippen LogP contribution in [0.4, 0.5) is 5.69 Å². The molecule has 0 atom stereocenters. The molecule has 2 aromatic rings. The second-order valence-electron chi connectivity index (χ2n) is 8.59. The molecule has 1 aliphatic rings. The lowest BCUT2D eigenvalue weighted by Gasteiger charge is -2.36. The minimum atomic E-state index is -1.86. The average Bonchev–Trinajstić information content (AvgIpc) is 3.34. The molecule has 0 radical (unpaired) electrons. The highest BCUT2D eigenvalue weighted by Gasteiger charge is 2.37. The van der Waals surface area contributed by atoms with Crippen molar-refractivity contribution in [3.05, 3.63) is 34.1 Å². The van der Waals surface area contributed by atoms with Crippen molar-refractivity contribution in [2.24, 2.45) is 0 Å². The zero-order valence-electron chi connectivity index (χ0n) is 17.0. The molecule has 1 heterocycles. The van der Waals surface area contributed by atoms with Gasteiger partial charge in [0.1, 0.15) is 18.0 Å². The van der Waals surface area contributed by atoms with Crippen LogP contribution in [0.25, 0.3) is 5.69 Å². The maximum atomic E-state index is 11.2. The summed E-state index contributed by atoms with van der Waals surface area (Å²) in [4.78, 5) is 10.8. The van der Waals surface area contributed by atoms with Gasteiger partial charge in [0.15, 0.2) is 14.1 Å². The van der Waals surface area contributed by atoms with Crippen molar-refractivity contribution in [2.75, 3.05) is 13.2 Å². The van der Waals surface area contributed by atoms with E-state index in [4.69, 9.17) is 9.16 Å². The molecule has 0 saturated heterocycles. The van der Waals surface area contributed by atoms with Crippen molar-refractivity contribution in [1.29, 1.82) is 0 Å². The van der Waals surface area contributed by atoms with Gasteiger partial charge in [-0.25, -0.2) is 0 Å². The minimum Gasteiger partial charge on any atom is -0.489 e. The van der Waals surface area contributed by atoms with E-state index in [1.807, 2.05) is 0 Å². The van der Waals surface area contributed by atoms with E-state index >= 15 is 0 Å². The molecule has 1 aromatic heterocycles. The van der Waals surface area contributed by atoms with Crippen LogP contribution in [0, 0.1) is 10.1 Å². The van der Waals surface area contributed by atoms with Crippen LogP contribution in [0.1, 0.15) is 45.4 Å². The van der Waals surface area contributed by atoms with Gasteiger partial charge in [-0.05, 0) is 47.5 Å². The van der Waals surface area contributed by atoms with E-state index in [9.17, 15) is 10.1 Å². The second kappa shape index (κ2) is 7.59. The van der Waals surface area contributed by atoms with Crippen LogP contribution in [0.3, 0.4) is 0 Å². The van der Waals surface area contributed by atoms with Crippen LogP contribution in [0.2, 0.25) is 18.1 Å². The summed E-state index contributed by atoms with van der Waals surface area (Å²) in [7, 11) is -1.86. The molecule has 1 fully saturated rings. The monoisotopic (exact) mass is 405 g/mol. The first-order valence-corrected chi connectivity index (χ1v) is 12.3. The van der Waals surface area contributed by atoms with Gasteiger partial charge in [-0.15, -0.1) is 5.10 Å². The molecule has 0 aliphatic heterocycles. The average molecular weight is 406 g/mol. The fourth-order valence-corrected chi connectivity index (χ4v) is 3.56. The Balaban J connectivity index is 1.77. The smallest absolute Gasteiger partial charge is 0.271 e. The standard InChI is InChI=1S/C18H27N5O4Si/c1-18(2,3)28(4,5)27-11-10-26-16-9-8-14(23(24)25)12-15(16)22-17(13-6-7-13)19-20-21-22/h8-9,12-13H,6-7,10-11H2,1-5H3. The first-order valence-electron chi connectivity index (χ1n) is 9.44.